The fourth-order valence-electron chi connectivity index (χ4n) is 4.11. The van der Waals surface area contributed by atoms with Gasteiger partial charge in [0.15, 0.2) is 17.5 Å². The maximum atomic E-state index is 13.2. The van der Waals surface area contributed by atoms with E-state index in [1.54, 1.807) is 6.20 Å². The summed E-state index contributed by atoms with van der Waals surface area (Å²) in [6.07, 6.45) is 7.69. The van der Waals surface area contributed by atoms with Gasteiger partial charge in [-0.05, 0) is 49.6 Å². The van der Waals surface area contributed by atoms with E-state index in [0.717, 1.165) is 36.4 Å². The molecule has 1 aliphatic carbocycles. The summed E-state index contributed by atoms with van der Waals surface area (Å²) in [5, 5.41) is 12.0. The molecule has 0 spiro atoms. The number of anilines is 2. The molecule has 2 fully saturated rings. The third-order valence-corrected chi connectivity index (χ3v) is 6.30. The van der Waals surface area contributed by atoms with Crippen molar-refractivity contribution < 1.29 is 9.18 Å². The van der Waals surface area contributed by atoms with Gasteiger partial charge in [-0.15, -0.1) is 10.2 Å². The van der Waals surface area contributed by atoms with Gasteiger partial charge in [-0.3, -0.25) is 4.79 Å². The minimum Gasteiger partial charge on any atom is -0.339 e. The normalized spacial score (nSPS) is 21.6. The van der Waals surface area contributed by atoms with Gasteiger partial charge in [0.05, 0.1) is 18.6 Å². The molecule has 1 saturated carbocycles. The van der Waals surface area contributed by atoms with Crippen LogP contribution in [0, 0.1) is 18.7 Å². The summed E-state index contributed by atoms with van der Waals surface area (Å²) in [7, 11) is 0. The van der Waals surface area contributed by atoms with Gasteiger partial charge in [-0.25, -0.2) is 19.3 Å². The summed E-state index contributed by atoms with van der Waals surface area (Å²) in [5.41, 5.74) is 2.32. The lowest BCUT2D eigenvalue weighted by Gasteiger charge is -2.27. The van der Waals surface area contributed by atoms with Gasteiger partial charge in [0.2, 0.25) is 11.1 Å². The smallest absolute Gasteiger partial charge is 0.247 e. The van der Waals surface area contributed by atoms with Crippen LogP contribution >= 0.6 is 11.8 Å². The molecule has 0 bridgehead atoms. The molecule has 0 unspecified atom stereocenters. The Labute approximate surface area is 182 Å². The van der Waals surface area contributed by atoms with E-state index in [4.69, 9.17) is 0 Å². The van der Waals surface area contributed by atoms with Gasteiger partial charge < -0.3 is 10.2 Å². The number of nitrogens with zero attached hydrogens (tertiary/aromatic N) is 6. The van der Waals surface area contributed by atoms with E-state index in [1.807, 2.05) is 36.3 Å². The van der Waals surface area contributed by atoms with Crippen molar-refractivity contribution in [3.05, 3.63) is 48.2 Å². The maximum absolute atomic E-state index is 13.2. The predicted octanol–water partition coefficient (Wildman–Crippen LogP) is 3.10. The van der Waals surface area contributed by atoms with Crippen LogP contribution in [-0.2, 0) is 4.79 Å². The van der Waals surface area contributed by atoms with Crippen molar-refractivity contribution in [3.63, 3.8) is 0 Å². The van der Waals surface area contributed by atoms with Crippen LogP contribution in [0.4, 0.5) is 15.9 Å². The highest BCUT2D eigenvalue weighted by molar-refractivity contribution is 7.98. The molecule has 1 aromatic carbocycles. The first-order valence-corrected chi connectivity index (χ1v) is 11.2. The Morgan fingerprint density at radius 3 is 2.68 bits per heavy atom. The van der Waals surface area contributed by atoms with Gasteiger partial charge in [0.25, 0.3) is 0 Å². The number of rotatable bonds is 5. The quantitative estimate of drug-likeness (QED) is 0.608. The lowest BCUT2D eigenvalue weighted by atomic mass is 10.1. The molecule has 158 valence electrons. The highest BCUT2D eigenvalue weighted by atomic mass is 32.2. The third kappa shape index (κ3) is 3.83. The van der Waals surface area contributed by atoms with Crippen LogP contribution in [0.5, 0.6) is 0 Å². The summed E-state index contributed by atoms with van der Waals surface area (Å²) in [6, 6.07) is 5.53. The molecular formula is C21H20FN7OS. The molecule has 3 heterocycles. The van der Waals surface area contributed by atoms with E-state index in [9.17, 15) is 9.18 Å². The van der Waals surface area contributed by atoms with Gasteiger partial charge in [-0.2, -0.15) is 0 Å². The van der Waals surface area contributed by atoms with Crippen molar-refractivity contribution in [2.75, 3.05) is 16.5 Å². The fourth-order valence-corrected chi connectivity index (χ4v) is 4.39. The van der Waals surface area contributed by atoms with Crippen LogP contribution < -0.4 is 10.2 Å². The number of nitrogens with one attached hydrogen (secondary N) is 1. The Hall–Kier alpha value is -3.14. The number of amides is 1. The third-order valence-electron chi connectivity index (χ3n) is 5.75. The molecule has 2 aromatic heterocycles. The molecule has 10 heteroatoms. The van der Waals surface area contributed by atoms with Crippen LogP contribution in [-0.4, -0.2) is 49.4 Å². The van der Waals surface area contributed by atoms with E-state index in [2.05, 4.69) is 30.5 Å². The minimum atomic E-state index is -0.492. The average molecular weight is 438 g/mol. The lowest BCUT2D eigenvalue weighted by Crippen LogP contribution is -2.42. The molecule has 3 aromatic rings. The summed E-state index contributed by atoms with van der Waals surface area (Å²) in [6.45, 7) is 1.92. The van der Waals surface area contributed by atoms with Gasteiger partial charge in [0, 0.05) is 17.3 Å². The molecule has 3 atom stereocenters. The molecule has 5 rings (SSSR count). The van der Waals surface area contributed by atoms with Crippen molar-refractivity contribution in [1.82, 2.24) is 25.1 Å². The number of fused-ring (bicyclic) bond motifs is 1. The maximum Gasteiger partial charge on any atom is 0.247 e. The summed E-state index contributed by atoms with van der Waals surface area (Å²) in [4.78, 5) is 27.6. The van der Waals surface area contributed by atoms with E-state index < -0.39 is 5.82 Å². The molecule has 31 heavy (non-hydrogen) atoms. The number of aryl methyl sites for hydroxylation is 1. The van der Waals surface area contributed by atoms with Crippen LogP contribution in [0.3, 0.4) is 0 Å². The first-order valence-electron chi connectivity index (χ1n) is 9.95. The number of thioether (sulfide) groups is 1. The Balaban J connectivity index is 1.37. The van der Waals surface area contributed by atoms with Crippen molar-refractivity contribution >= 4 is 29.2 Å². The Morgan fingerprint density at radius 1 is 1.16 bits per heavy atom. The number of carbonyl (C=O) groups excluding carboxylic acids is 1. The topological polar surface area (TPSA) is 96.8 Å². The van der Waals surface area contributed by atoms with E-state index in [0.29, 0.717) is 34.4 Å². The van der Waals surface area contributed by atoms with Crippen molar-refractivity contribution in [1.29, 1.82) is 0 Å². The number of hydrogen-bond acceptors (Lipinski definition) is 8. The minimum absolute atomic E-state index is 0.0993. The molecule has 2 aliphatic rings. The van der Waals surface area contributed by atoms with Gasteiger partial charge in [0.1, 0.15) is 6.04 Å². The van der Waals surface area contributed by atoms with Crippen molar-refractivity contribution in [2.45, 2.75) is 37.0 Å². The fraction of sp³-hybridized carbons (Fsp3) is 0.333. The Bertz CT molecular complexity index is 1130. The monoisotopic (exact) mass is 437 g/mol. The second-order valence-corrected chi connectivity index (χ2v) is 8.54. The molecular weight excluding hydrogens is 417 g/mol. The number of aromatic nitrogens is 5. The standard InChI is InChI=1S/C21H20FN7OS/c1-11-3-4-14(7-15(11)19-23-8-13(22)9-24-19)26-20(30)17-6-12-5-16(12)29(17)18-10-25-21(31-2)28-27-18/h3-4,7-10,12,16-17H,5-6H2,1-2H3,(H,26,30)/t12-,16-,17-/m0/s1. The molecule has 1 N–H and O–H groups in total. The molecule has 1 aliphatic heterocycles. The van der Waals surface area contributed by atoms with Crippen molar-refractivity contribution in [3.8, 4) is 11.4 Å². The van der Waals surface area contributed by atoms with Crippen LogP contribution in [0.1, 0.15) is 18.4 Å². The molecule has 0 radical (unpaired) electrons. The highest BCUT2D eigenvalue weighted by Crippen LogP contribution is 2.49. The summed E-state index contributed by atoms with van der Waals surface area (Å²) >= 11 is 1.43. The largest absolute Gasteiger partial charge is 0.339 e. The first kappa shape index (κ1) is 19.8. The molecule has 1 saturated heterocycles. The second kappa shape index (κ2) is 7.84. The SMILES string of the molecule is CSc1ncc(N2[C@H](C(=O)Nc3ccc(C)c(-c4ncc(F)cn4)c3)C[C@@H]3C[C@@H]32)nn1. The highest BCUT2D eigenvalue weighted by Gasteiger charge is 2.55. The zero-order chi connectivity index (χ0) is 21.5. The lowest BCUT2D eigenvalue weighted by molar-refractivity contribution is -0.117. The summed E-state index contributed by atoms with van der Waals surface area (Å²) < 4.78 is 13.2. The zero-order valence-electron chi connectivity index (χ0n) is 17.0. The Kier molecular flexibility index (Phi) is 5.01. The second-order valence-electron chi connectivity index (χ2n) is 7.77. The van der Waals surface area contributed by atoms with Gasteiger partial charge in [-0.1, -0.05) is 17.8 Å². The molecule has 8 nitrogen and oxygen atoms in total. The molecule has 1 amide bonds. The number of benzene rings is 1. The van der Waals surface area contributed by atoms with Crippen LogP contribution in [0.25, 0.3) is 11.4 Å². The number of hydrogen-bond donors (Lipinski definition) is 1. The average Bonchev–Trinajstić information content (AvgIpc) is 3.45. The number of piperidine rings is 1. The van der Waals surface area contributed by atoms with Crippen LogP contribution in [0.15, 0.2) is 41.9 Å². The zero-order valence-corrected chi connectivity index (χ0v) is 17.8. The van der Waals surface area contributed by atoms with Crippen molar-refractivity contribution in [2.24, 2.45) is 5.92 Å². The summed E-state index contributed by atoms with van der Waals surface area (Å²) in [5.74, 6) is 0.951. The predicted molar refractivity (Wildman–Crippen MR) is 115 cm³/mol. The van der Waals surface area contributed by atoms with E-state index in [-0.39, 0.29) is 11.9 Å². The van der Waals surface area contributed by atoms with E-state index >= 15 is 0 Å². The number of halogens is 1. The van der Waals surface area contributed by atoms with E-state index in [1.165, 1.54) is 11.8 Å². The first-order chi connectivity index (χ1) is 15.0. The van der Waals surface area contributed by atoms with Crippen LogP contribution in [0.2, 0.25) is 0 Å². The van der Waals surface area contributed by atoms with Gasteiger partial charge >= 0.3 is 0 Å². The number of carbonyl (C=O) groups is 1. The Morgan fingerprint density at radius 2 is 1.97 bits per heavy atom.